The van der Waals surface area contributed by atoms with E-state index in [0.29, 0.717) is 0 Å². The number of nitrogens with zero attached hydrogens (tertiary/aromatic N) is 2. The van der Waals surface area contributed by atoms with Crippen LogP contribution in [0.3, 0.4) is 0 Å². The third-order valence-electron chi connectivity index (χ3n) is 3.22. The van der Waals surface area contributed by atoms with Gasteiger partial charge in [0.25, 0.3) is 0 Å². The van der Waals surface area contributed by atoms with Gasteiger partial charge in [-0.05, 0) is 25.1 Å². The van der Waals surface area contributed by atoms with Crippen LogP contribution < -0.4 is 5.73 Å². The average Bonchev–Trinajstić information content (AvgIpc) is 2.90. The normalized spacial score (nSPS) is 10.1. The van der Waals surface area contributed by atoms with E-state index in [1.165, 1.54) is 16.8 Å². The molecule has 0 amide bonds. The average molecular weight is 331 g/mol. The quantitative estimate of drug-likeness (QED) is 0.859. The largest absolute Gasteiger partial charge is 0.464 e. The number of carbonyl (C=O) groups is 2. The first-order valence-electron chi connectivity index (χ1n) is 6.90. The fraction of sp³-hybridized carbons (Fsp3) is 0.188. The highest BCUT2D eigenvalue weighted by atomic mass is 19.1. The van der Waals surface area contributed by atoms with E-state index in [2.05, 4.69) is 4.74 Å². The molecule has 1 heterocycles. The molecule has 0 unspecified atom stereocenters. The maximum Gasteiger partial charge on any atom is 0.357 e. The Labute approximate surface area is 137 Å². The van der Waals surface area contributed by atoms with Gasteiger partial charge in [-0.15, -0.1) is 0 Å². The Bertz CT molecular complexity index is 852. The number of rotatable bonds is 4. The van der Waals surface area contributed by atoms with Crippen molar-refractivity contribution in [2.75, 3.05) is 19.5 Å². The monoisotopic (exact) mass is 331 g/mol. The van der Waals surface area contributed by atoms with E-state index >= 15 is 0 Å². The van der Waals surface area contributed by atoms with Crippen LogP contribution in [0.5, 0.6) is 0 Å². The lowest BCUT2D eigenvalue weighted by molar-refractivity contribution is 0.0525. The number of nitrogen functional groups attached to an aromatic ring is 1. The molecule has 124 valence electrons. The molecule has 0 saturated carbocycles. The number of halogens is 1. The number of hydrogen-bond acceptors (Lipinski definition) is 6. The fourth-order valence-electron chi connectivity index (χ4n) is 2.16. The molecule has 0 aliphatic carbocycles. The topological polar surface area (TPSA) is 107 Å². The lowest BCUT2D eigenvalue weighted by Crippen LogP contribution is -2.12. The maximum absolute atomic E-state index is 13.9. The molecule has 0 fully saturated rings. The molecule has 1 aromatic carbocycles. The first-order valence-corrected chi connectivity index (χ1v) is 6.90. The zero-order valence-electron chi connectivity index (χ0n) is 13.0. The summed E-state index contributed by atoms with van der Waals surface area (Å²) >= 11 is 0. The number of hydrogen-bond donors (Lipinski definition) is 1. The van der Waals surface area contributed by atoms with Crippen LogP contribution >= 0.6 is 0 Å². The van der Waals surface area contributed by atoms with Crippen molar-refractivity contribution in [1.29, 1.82) is 5.26 Å². The second kappa shape index (κ2) is 6.83. The summed E-state index contributed by atoms with van der Waals surface area (Å²) < 4.78 is 24.6. The number of aromatic nitrogens is 1. The highest BCUT2D eigenvalue weighted by Crippen LogP contribution is 2.26. The first kappa shape index (κ1) is 17.0. The molecule has 2 aromatic rings. The fourth-order valence-corrected chi connectivity index (χ4v) is 2.16. The van der Waals surface area contributed by atoms with Crippen LogP contribution in [0.25, 0.3) is 5.69 Å². The Kier molecular flexibility index (Phi) is 4.84. The summed E-state index contributed by atoms with van der Waals surface area (Å²) in [5, 5.41) is 9.08. The molecular formula is C16H14FN3O4. The van der Waals surface area contributed by atoms with E-state index in [1.54, 1.807) is 6.92 Å². The van der Waals surface area contributed by atoms with Crippen LogP contribution in [0.15, 0.2) is 24.4 Å². The lowest BCUT2D eigenvalue weighted by atomic mass is 10.2. The Hall–Kier alpha value is -3.34. The SMILES string of the molecule is CCOC(=O)c1cc(F)cc(-n2cc(C#N)c(N)c2C(=O)OC)c1. The van der Waals surface area contributed by atoms with Crippen molar-refractivity contribution in [2.24, 2.45) is 0 Å². The third kappa shape index (κ3) is 3.05. The predicted molar refractivity (Wildman–Crippen MR) is 82.2 cm³/mol. The van der Waals surface area contributed by atoms with E-state index in [1.807, 2.05) is 6.07 Å². The Balaban J connectivity index is 2.66. The number of benzene rings is 1. The first-order chi connectivity index (χ1) is 11.4. The highest BCUT2D eigenvalue weighted by Gasteiger charge is 2.22. The number of methoxy groups -OCH3 is 1. The molecule has 0 aliphatic heterocycles. The minimum atomic E-state index is -0.795. The van der Waals surface area contributed by atoms with E-state index in [4.69, 9.17) is 15.7 Å². The number of anilines is 1. The van der Waals surface area contributed by atoms with Crippen molar-refractivity contribution in [3.05, 3.63) is 47.0 Å². The van der Waals surface area contributed by atoms with Gasteiger partial charge in [0.1, 0.15) is 11.9 Å². The summed E-state index contributed by atoms with van der Waals surface area (Å²) in [6.45, 7) is 1.76. The molecular weight excluding hydrogens is 317 g/mol. The van der Waals surface area contributed by atoms with Crippen LogP contribution in [-0.2, 0) is 9.47 Å². The van der Waals surface area contributed by atoms with Gasteiger partial charge in [-0.2, -0.15) is 5.26 Å². The molecule has 2 N–H and O–H groups in total. The number of ether oxygens (including phenoxy) is 2. The lowest BCUT2D eigenvalue weighted by Gasteiger charge is -2.10. The van der Waals surface area contributed by atoms with Crippen LogP contribution in [0.1, 0.15) is 33.3 Å². The molecule has 2 rings (SSSR count). The molecule has 7 nitrogen and oxygen atoms in total. The number of nitrogens with two attached hydrogens (primary N) is 1. The molecule has 1 aromatic heterocycles. The number of carbonyl (C=O) groups excluding carboxylic acids is 2. The van der Waals surface area contributed by atoms with Crippen molar-refractivity contribution < 1.29 is 23.5 Å². The third-order valence-corrected chi connectivity index (χ3v) is 3.22. The predicted octanol–water partition coefficient (Wildman–Crippen LogP) is 2.03. The van der Waals surface area contributed by atoms with E-state index in [0.717, 1.165) is 19.2 Å². The molecule has 0 spiro atoms. The second-order valence-electron chi connectivity index (χ2n) is 4.70. The van der Waals surface area contributed by atoms with Crippen LogP contribution in [0.2, 0.25) is 0 Å². The van der Waals surface area contributed by atoms with Crippen molar-refractivity contribution in [1.82, 2.24) is 4.57 Å². The van der Waals surface area contributed by atoms with Gasteiger partial charge < -0.3 is 19.8 Å². The zero-order chi connectivity index (χ0) is 17.9. The number of nitriles is 1. The molecule has 0 atom stereocenters. The van der Waals surface area contributed by atoms with E-state index in [-0.39, 0.29) is 34.8 Å². The van der Waals surface area contributed by atoms with Gasteiger partial charge in [0.15, 0.2) is 5.69 Å². The van der Waals surface area contributed by atoms with Crippen LogP contribution in [0, 0.1) is 17.1 Å². The summed E-state index contributed by atoms with van der Waals surface area (Å²) in [4.78, 5) is 23.8. The summed E-state index contributed by atoms with van der Waals surface area (Å²) in [5.41, 5.74) is 5.68. The molecule has 24 heavy (non-hydrogen) atoms. The van der Waals surface area contributed by atoms with Gasteiger partial charge in [0.05, 0.1) is 30.5 Å². The minimum Gasteiger partial charge on any atom is -0.464 e. The molecule has 8 heteroatoms. The standard InChI is InChI=1S/C16H14FN3O4/c1-3-24-15(21)9-4-11(17)6-12(5-9)20-8-10(7-18)13(19)14(20)16(22)23-2/h4-6,8H,3,19H2,1-2H3. The smallest absolute Gasteiger partial charge is 0.357 e. The van der Waals surface area contributed by atoms with Crippen molar-refractivity contribution >= 4 is 17.6 Å². The van der Waals surface area contributed by atoms with E-state index in [9.17, 15) is 14.0 Å². The van der Waals surface area contributed by atoms with Crippen molar-refractivity contribution in [2.45, 2.75) is 6.92 Å². The van der Waals surface area contributed by atoms with E-state index < -0.39 is 17.8 Å². The molecule has 0 radical (unpaired) electrons. The van der Waals surface area contributed by atoms with Gasteiger partial charge in [-0.3, -0.25) is 0 Å². The summed E-state index contributed by atoms with van der Waals surface area (Å²) in [6, 6.07) is 5.27. The summed E-state index contributed by atoms with van der Waals surface area (Å²) in [7, 11) is 1.15. The van der Waals surface area contributed by atoms with Gasteiger partial charge in [-0.25, -0.2) is 14.0 Å². The molecule has 0 saturated heterocycles. The van der Waals surface area contributed by atoms with Gasteiger partial charge in [-0.1, -0.05) is 0 Å². The second-order valence-corrected chi connectivity index (χ2v) is 4.70. The minimum absolute atomic E-state index is 0.0253. The molecule has 0 aliphatic rings. The summed E-state index contributed by atoms with van der Waals surface area (Å²) in [5.74, 6) is -2.22. The van der Waals surface area contributed by atoms with Crippen LogP contribution in [-0.4, -0.2) is 30.2 Å². The molecule has 0 bridgehead atoms. The van der Waals surface area contributed by atoms with Gasteiger partial charge >= 0.3 is 11.9 Å². The van der Waals surface area contributed by atoms with Crippen molar-refractivity contribution in [3.8, 4) is 11.8 Å². The number of esters is 2. The van der Waals surface area contributed by atoms with Gasteiger partial charge in [0, 0.05) is 11.9 Å². The summed E-state index contributed by atoms with van der Waals surface area (Å²) in [6.07, 6.45) is 1.27. The zero-order valence-corrected chi connectivity index (χ0v) is 13.0. The highest BCUT2D eigenvalue weighted by molar-refractivity contribution is 5.96. The van der Waals surface area contributed by atoms with Crippen molar-refractivity contribution in [3.63, 3.8) is 0 Å². The van der Waals surface area contributed by atoms with Gasteiger partial charge in [0.2, 0.25) is 0 Å². The maximum atomic E-state index is 13.9. The Morgan fingerprint density at radius 1 is 1.33 bits per heavy atom. The Morgan fingerprint density at radius 2 is 2.04 bits per heavy atom. The Morgan fingerprint density at radius 3 is 2.62 bits per heavy atom. The van der Waals surface area contributed by atoms with Crippen LogP contribution in [0.4, 0.5) is 10.1 Å².